The normalized spacial score (nSPS) is 16.7. The van der Waals surface area contributed by atoms with Crippen LogP contribution in [-0.2, 0) is 16.1 Å². The molecular weight excluding hydrogens is 490 g/mol. The van der Waals surface area contributed by atoms with Crippen molar-refractivity contribution >= 4 is 46.3 Å². The Kier molecular flexibility index (Phi) is 8.95. The quantitative estimate of drug-likeness (QED) is 0.484. The molecule has 2 heterocycles. The van der Waals surface area contributed by atoms with Crippen LogP contribution in [0.1, 0.15) is 26.7 Å². The fraction of sp³-hybridized carbons (Fsp3) is 0.417. The lowest BCUT2D eigenvalue weighted by Crippen LogP contribution is -2.45. The minimum atomic E-state index is -2.78. The Bertz CT molecular complexity index is 1340. The third kappa shape index (κ3) is 6.77. The predicted octanol–water partition coefficient (Wildman–Crippen LogP) is 1.26. The van der Waals surface area contributed by atoms with Crippen molar-refractivity contribution in [3.63, 3.8) is 0 Å². The van der Waals surface area contributed by atoms with Gasteiger partial charge in [-0.1, -0.05) is 6.07 Å². The van der Waals surface area contributed by atoms with E-state index in [1.54, 1.807) is 38.1 Å². The van der Waals surface area contributed by atoms with Crippen molar-refractivity contribution in [2.45, 2.75) is 39.2 Å². The van der Waals surface area contributed by atoms with Gasteiger partial charge in [0.05, 0.1) is 13.1 Å². The monoisotopic (exact) mass is 518 g/mol. The smallest absolute Gasteiger partial charge is 0.270 e. The molecule has 1 aromatic carbocycles. The van der Waals surface area contributed by atoms with Gasteiger partial charge in [0.25, 0.3) is 17.4 Å². The lowest BCUT2D eigenvalue weighted by atomic mass is 10.1. The first-order valence-corrected chi connectivity index (χ1v) is 12.4. The standard InChI is InChI=1S/C24H28F2N6O3S/c1-3-28-21(34)18(12-27)23-32(4-2)22(35)19(36-23)13-29-16-7-5-8-17(11-16)30-20(33)14-31-10-6-9-24(25,26)15-31/h5,7-8,11,13,29H,3-4,6,9-10,14-15H2,1-2H3,(H,28,34)(H,30,33). The molecule has 1 aliphatic rings. The molecule has 192 valence electrons. The van der Waals surface area contributed by atoms with Crippen molar-refractivity contribution in [3.05, 3.63) is 43.8 Å². The van der Waals surface area contributed by atoms with Crippen LogP contribution in [0.4, 0.5) is 20.2 Å². The SMILES string of the molecule is CCNC(=O)C(C#N)=c1sc(=CNc2cccc(NC(=O)CN3CCCC(F)(F)C3)c2)c(=O)n1CC. The van der Waals surface area contributed by atoms with Gasteiger partial charge in [0.2, 0.25) is 5.91 Å². The predicted molar refractivity (Wildman–Crippen MR) is 135 cm³/mol. The average molecular weight is 519 g/mol. The molecular formula is C24H28F2N6O3S. The van der Waals surface area contributed by atoms with Crippen LogP contribution < -0.4 is 30.7 Å². The second-order valence-electron chi connectivity index (χ2n) is 8.25. The molecule has 0 aliphatic carbocycles. The minimum absolute atomic E-state index is 0.128. The number of rotatable bonds is 8. The number of benzene rings is 1. The van der Waals surface area contributed by atoms with E-state index in [1.807, 2.05) is 6.07 Å². The molecule has 0 unspecified atom stereocenters. The van der Waals surface area contributed by atoms with Crippen molar-refractivity contribution in [2.24, 2.45) is 0 Å². The number of halogens is 2. The Balaban J connectivity index is 1.77. The van der Waals surface area contributed by atoms with Crippen molar-refractivity contribution in [2.75, 3.05) is 36.8 Å². The zero-order valence-electron chi connectivity index (χ0n) is 20.1. The number of piperidine rings is 1. The highest BCUT2D eigenvalue weighted by Gasteiger charge is 2.35. The Morgan fingerprint density at radius 2 is 2.03 bits per heavy atom. The minimum Gasteiger partial charge on any atom is -0.360 e. The number of alkyl halides is 2. The van der Waals surface area contributed by atoms with Gasteiger partial charge in [-0.2, -0.15) is 5.26 Å². The van der Waals surface area contributed by atoms with Gasteiger partial charge in [-0.25, -0.2) is 8.78 Å². The first-order chi connectivity index (χ1) is 17.2. The van der Waals surface area contributed by atoms with Crippen LogP contribution in [0.3, 0.4) is 0 Å². The summed E-state index contributed by atoms with van der Waals surface area (Å²) in [4.78, 5) is 38.9. The van der Waals surface area contributed by atoms with Crippen LogP contribution in [0, 0.1) is 11.3 Å². The number of aromatic nitrogens is 1. The van der Waals surface area contributed by atoms with Crippen LogP contribution >= 0.6 is 11.3 Å². The zero-order valence-corrected chi connectivity index (χ0v) is 20.9. The molecule has 2 amide bonds. The van der Waals surface area contributed by atoms with Gasteiger partial charge in [0.15, 0.2) is 5.57 Å². The van der Waals surface area contributed by atoms with Gasteiger partial charge >= 0.3 is 0 Å². The average Bonchev–Trinajstić information content (AvgIpc) is 3.12. The Morgan fingerprint density at radius 1 is 1.28 bits per heavy atom. The lowest BCUT2D eigenvalue weighted by molar-refractivity contribution is -0.120. The molecule has 0 spiro atoms. The van der Waals surface area contributed by atoms with E-state index >= 15 is 0 Å². The molecule has 36 heavy (non-hydrogen) atoms. The van der Waals surface area contributed by atoms with Gasteiger partial charge in [0, 0.05) is 37.1 Å². The van der Waals surface area contributed by atoms with Gasteiger partial charge < -0.3 is 16.0 Å². The van der Waals surface area contributed by atoms with Crippen molar-refractivity contribution in [1.29, 1.82) is 5.26 Å². The number of likely N-dealkylation sites (tertiary alicyclic amines) is 1. The molecule has 1 aromatic heterocycles. The summed E-state index contributed by atoms with van der Waals surface area (Å²) in [5.41, 5.74) is 0.570. The fourth-order valence-corrected chi connectivity index (χ4v) is 4.94. The summed E-state index contributed by atoms with van der Waals surface area (Å²) in [5, 5.41) is 17.8. The number of carbonyl (C=O) groups excluding carboxylic acids is 2. The van der Waals surface area contributed by atoms with E-state index in [0.717, 1.165) is 11.3 Å². The van der Waals surface area contributed by atoms with Crippen LogP contribution in [0.5, 0.6) is 0 Å². The first kappa shape index (κ1) is 27.0. The summed E-state index contributed by atoms with van der Waals surface area (Å²) in [5.74, 6) is -3.71. The fourth-order valence-electron chi connectivity index (χ4n) is 3.86. The van der Waals surface area contributed by atoms with Gasteiger partial charge in [-0.15, -0.1) is 11.3 Å². The number of hydrogen-bond donors (Lipinski definition) is 3. The molecule has 9 nitrogen and oxygen atoms in total. The Labute approximate surface area is 210 Å². The molecule has 1 aliphatic heterocycles. The van der Waals surface area contributed by atoms with E-state index in [0.29, 0.717) is 35.4 Å². The number of nitrogens with zero attached hydrogens (tertiary/aromatic N) is 3. The van der Waals surface area contributed by atoms with Crippen LogP contribution in [0.25, 0.3) is 11.8 Å². The maximum absolute atomic E-state index is 13.6. The summed E-state index contributed by atoms with van der Waals surface area (Å²) in [6.07, 6.45) is 1.66. The summed E-state index contributed by atoms with van der Waals surface area (Å²) in [7, 11) is 0. The molecule has 3 rings (SSSR count). The van der Waals surface area contributed by atoms with E-state index in [1.165, 1.54) is 15.7 Å². The van der Waals surface area contributed by atoms with E-state index in [9.17, 15) is 28.4 Å². The molecule has 0 atom stereocenters. The van der Waals surface area contributed by atoms with Crippen LogP contribution in [0.2, 0.25) is 0 Å². The van der Waals surface area contributed by atoms with E-state index in [4.69, 9.17) is 0 Å². The molecule has 0 bridgehead atoms. The highest BCUT2D eigenvalue weighted by atomic mass is 32.1. The maximum Gasteiger partial charge on any atom is 0.270 e. The van der Waals surface area contributed by atoms with Crippen molar-refractivity contribution < 1.29 is 18.4 Å². The number of thiazole rings is 1. The van der Waals surface area contributed by atoms with Crippen LogP contribution in [0.15, 0.2) is 29.1 Å². The molecule has 3 N–H and O–H groups in total. The number of amides is 2. The van der Waals surface area contributed by atoms with Gasteiger partial charge in [-0.05, 0) is 45.0 Å². The summed E-state index contributed by atoms with van der Waals surface area (Å²) < 4.78 is 29.1. The molecule has 1 saturated heterocycles. The second-order valence-corrected chi connectivity index (χ2v) is 9.29. The third-order valence-electron chi connectivity index (χ3n) is 5.47. The summed E-state index contributed by atoms with van der Waals surface area (Å²) in [6.45, 7) is 4.01. The summed E-state index contributed by atoms with van der Waals surface area (Å²) >= 11 is 1.03. The topological polar surface area (TPSA) is 119 Å². The molecule has 1 fully saturated rings. The first-order valence-electron chi connectivity index (χ1n) is 11.6. The van der Waals surface area contributed by atoms with E-state index < -0.39 is 24.3 Å². The number of carbonyl (C=O) groups is 2. The number of anilines is 2. The molecule has 0 radical (unpaired) electrons. The molecule has 0 saturated carbocycles. The highest BCUT2D eigenvalue weighted by molar-refractivity contribution is 7.07. The van der Waals surface area contributed by atoms with Gasteiger partial charge in [-0.3, -0.25) is 23.9 Å². The number of nitriles is 1. The summed E-state index contributed by atoms with van der Waals surface area (Å²) in [6, 6.07) is 8.63. The lowest BCUT2D eigenvalue weighted by Gasteiger charge is -2.31. The van der Waals surface area contributed by atoms with Crippen molar-refractivity contribution in [3.8, 4) is 6.07 Å². The molecule has 2 aromatic rings. The third-order valence-corrected chi connectivity index (χ3v) is 6.60. The molecule has 12 heteroatoms. The highest BCUT2D eigenvalue weighted by Crippen LogP contribution is 2.26. The zero-order chi connectivity index (χ0) is 26.3. The van der Waals surface area contributed by atoms with Gasteiger partial charge in [0.1, 0.15) is 15.3 Å². The van der Waals surface area contributed by atoms with Crippen LogP contribution in [-0.4, -0.2) is 53.4 Å². The van der Waals surface area contributed by atoms with E-state index in [-0.39, 0.29) is 35.3 Å². The van der Waals surface area contributed by atoms with E-state index in [2.05, 4.69) is 16.0 Å². The second kappa shape index (κ2) is 11.9. The maximum atomic E-state index is 13.6. The largest absolute Gasteiger partial charge is 0.360 e. The number of hydrogen-bond acceptors (Lipinski definition) is 7. The van der Waals surface area contributed by atoms with Crippen molar-refractivity contribution in [1.82, 2.24) is 14.8 Å². The Morgan fingerprint density at radius 3 is 2.69 bits per heavy atom. The number of nitrogens with one attached hydrogen (secondary N) is 3. The Hall–Kier alpha value is -3.56.